The molecule has 4 heteroatoms. The predicted molar refractivity (Wildman–Crippen MR) is 84.5 cm³/mol. The van der Waals surface area contributed by atoms with Gasteiger partial charge >= 0.3 is 0 Å². The lowest BCUT2D eigenvalue weighted by atomic mass is 10.1. The van der Waals surface area contributed by atoms with E-state index in [4.69, 9.17) is 0 Å². The molecule has 2 aromatic heterocycles. The molecule has 0 aliphatic carbocycles. The van der Waals surface area contributed by atoms with Crippen molar-refractivity contribution < 1.29 is 0 Å². The number of hydrogen-bond donors (Lipinski definition) is 0. The van der Waals surface area contributed by atoms with Gasteiger partial charge in [0, 0.05) is 24.2 Å². The van der Waals surface area contributed by atoms with Crippen molar-refractivity contribution in [3.63, 3.8) is 0 Å². The Labute approximate surface area is 124 Å². The molecule has 0 radical (unpaired) electrons. The monoisotopic (exact) mass is 287 g/mol. The minimum absolute atomic E-state index is 0.631. The molecule has 106 valence electrons. The van der Waals surface area contributed by atoms with Crippen molar-refractivity contribution in [1.82, 2.24) is 9.97 Å². The zero-order chi connectivity index (χ0) is 13.9. The number of aryl methyl sites for hydroxylation is 3. The van der Waals surface area contributed by atoms with Crippen LogP contribution in [0.15, 0.2) is 23.7 Å². The van der Waals surface area contributed by atoms with Gasteiger partial charge in [0.2, 0.25) is 0 Å². The quantitative estimate of drug-likeness (QED) is 0.860. The highest BCUT2D eigenvalue weighted by molar-refractivity contribution is 7.09. The van der Waals surface area contributed by atoms with Gasteiger partial charge in [0.25, 0.3) is 0 Å². The average Bonchev–Trinajstić information content (AvgIpc) is 3.06. The van der Waals surface area contributed by atoms with Crippen LogP contribution in [0.4, 0.5) is 5.82 Å². The van der Waals surface area contributed by atoms with Crippen LogP contribution in [0.5, 0.6) is 0 Å². The highest BCUT2D eigenvalue weighted by Crippen LogP contribution is 2.23. The maximum absolute atomic E-state index is 4.64. The van der Waals surface area contributed by atoms with E-state index in [0.717, 1.165) is 30.2 Å². The van der Waals surface area contributed by atoms with E-state index in [1.54, 1.807) is 11.3 Å². The molecule has 1 aliphatic heterocycles. The fourth-order valence-electron chi connectivity index (χ4n) is 2.80. The fraction of sp³-hybridized carbons (Fsp3) is 0.500. The molecule has 3 rings (SSSR count). The summed E-state index contributed by atoms with van der Waals surface area (Å²) < 4.78 is 0. The van der Waals surface area contributed by atoms with Crippen molar-refractivity contribution in [3.8, 4) is 0 Å². The normalized spacial score (nSPS) is 18.7. The molecular formula is C16H21N3S. The third kappa shape index (κ3) is 3.01. The van der Waals surface area contributed by atoms with Crippen molar-refractivity contribution in [1.29, 1.82) is 0 Å². The number of rotatable bonds is 4. The molecule has 0 spiro atoms. The molecule has 0 aromatic carbocycles. The molecular weight excluding hydrogens is 266 g/mol. The number of aromatic nitrogens is 2. The van der Waals surface area contributed by atoms with Crippen molar-refractivity contribution in [2.45, 2.75) is 45.6 Å². The predicted octanol–water partition coefficient (Wildman–Crippen LogP) is 3.62. The first kappa shape index (κ1) is 13.6. The molecule has 1 saturated heterocycles. The minimum Gasteiger partial charge on any atom is -0.354 e. The molecule has 1 aliphatic rings. The van der Waals surface area contributed by atoms with Gasteiger partial charge in [-0.05, 0) is 51.2 Å². The first-order valence-corrected chi connectivity index (χ1v) is 8.23. The van der Waals surface area contributed by atoms with E-state index in [-0.39, 0.29) is 0 Å². The van der Waals surface area contributed by atoms with E-state index < -0.39 is 0 Å². The van der Waals surface area contributed by atoms with Gasteiger partial charge < -0.3 is 4.90 Å². The molecule has 1 unspecified atom stereocenters. The van der Waals surface area contributed by atoms with E-state index >= 15 is 0 Å². The lowest BCUT2D eigenvalue weighted by molar-refractivity contribution is 0.726. The van der Waals surface area contributed by atoms with E-state index in [1.165, 1.54) is 24.1 Å². The summed E-state index contributed by atoms with van der Waals surface area (Å²) in [6.45, 7) is 5.49. The molecule has 1 atom stereocenters. The topological polar surface area (TPSA) is 29.0 Å². The van der Waals surface area contributed by atoms with Gasteiger partial charge in [-0.2, -0.15) is 0 Å². The van der Waals surface area contributed by atoms with E-state index in [0.29, 0.717) is 6.04 Å². The second-order valence-electron chi connectivity index (χ2n) is 5.57. The SMILES string of the molecule is Cc1nc(CCc2ccc(N3CCCC3C)nc2)cs1. The Morgan fingerprint density at radius 3 is 2.85 bits per heavy atom. The smallest absolute Gasteiger partial charge is 0.128 e. The summed E-state index contributed by atoms with van der Waals surface area (Å²) in [5.41, 5.74) is 2.50. The van der Waals surface area contributed by atoms with E-state index in [1.807, 2.05) is 6.20 Å². The van der Waals surface area contributed by atoms with Gasteiger partial charge in [-0.25, -0.2) is 9.97 Å². The second kappa shape index (κ2) is 5.92. The molecule has 0 bridgehead atoms. The first-order valence-electron chi connectivity index (χ1n) is 7.35. The zero-order valence-electron chi connectivity index (χ0n) is 12.2. The highest BCUT2D eigenvalue weighted by Gasteiger charge is 2.21. The molecule has 0 saturated carbocycles. The standard InChI is InChI=1S/C16H21N3S/c1-12-4-3-9-19(12)16-8-6-14(10-17-16)5-7-15-11-20-13(2)18-15/h6,8,10-12H,3-5,7,9H2,1-2H3. The lowest BCUT2D eigenvalue weighted by Gasteiger charge is -2.22. The number of anilines is 1. The highest BCUT2D eigenvalue weighted by atomic mass is 32.1. The molecule has 3 nitrogen and oxygen atoms in total. The summed E-state index contributed by atoms with van der Waals surface area (Å²) in [7, 11) is 0. The van der Waals surface area contributed by atoms with E-state index in [2.05, 4.69) is 46.2 Å². The third-order valence-electron chi connectivity index (χ3n) is 3.99. The first-order chi connectivity index (χ1) is 9.72. The molecule has 2 aromatic rings. The van der Waals surface area contributed by atoms with Crippen LogP contribution in [-0.4, -0.2) is 22.6 Å². The summed E-state index contributed by atoms with van der Waals surface area (Å²) in [5.74, 6) is 1.13. The van der Waals surface area contributed by atoms with Crippen molar-refractivity contribution in [2.75, 3.05) is 11.4 Å². The summed E-state index contributed by atoms with van der Waals surface area (Å²) in [6.07, 6.45) is 6.62. The second-order valence-corrected chi connectivity index (χ2v) is 6.63. The average molecular weight is 287 g/mol. The number of thiazole rings is 1. The molecule has 3 heterocycles. The maximum Gasteiger partial charge on any atom is 0.128 e. The molecule has 0 N–H and O–H groups in total. The molecule has 1 fully saturated rings. The third-order valence-corrected chi connectivity index (χ3v) is 4.82. The van der Waals surface area contributed by atoms with Crippen molar-refractivity contribution >= 4 is 17.2 Å². The summed E-state index contributed by atoms with van der Waals surface area (Å²) in [5, 5.41) is 3.31. The lowest BCUT2D eigenvalue weighted by Crippen LogP contribution is -2.27. The van der Waals surface area contributed by atoms with Gasteiger partial charge in [0.15, 0.2) is 0 Å². The Bertz CT molecular complexity index is 561. The van der Waals surface area contributed by atoms with Crippen LogP contribution in [0.3, 0.4) is 0 Å². The maximum atomic E-state index is 4.64. The minimum atomic E-state index is 0.631. The number of hydrogen-bond acceptors (Lipinski definition) is 4. The van der Waals surface area contributed by atoms with Crippen LogP contribution in [-0.2, 0) is 12.8 Å². The van der Waals surface area contributed by atoms with Gasteiger partial charge in [-0.15, -0.1) is 11.3 Å². The zero-order valence-corrected chi connectivity index (χ0v) is 13.0. The number of nitrogens with zero attached hydrogens (tertiary/aromatic N) is 3. The van der Waals surface area contributed by atoms with Crippen LogP contribution in [0.1, 0.15) is 36.0 Å². The van der Waals surface area contributed by atoms with Gasteiger partial charge in [0.05, 0.1) is 10.7 Å². The fourth-order valence-corrected chi connectivity index (χ4v) is 3.45. The Morgan fingerprint density at radius 2 is 2.25 bits per heavy atom. The van der Waals surface area contributed by atoms with Gasteiger partial charge in [-0.1, -0.05) is 6.07 Å². The molecule has 0 amide bonds. The van der Waals surface area contributed by atoms with Crippen LogP contribution in [0.2, 0.25) is 0 Å². The Kier molecular flexibility index (Phi) is 4.01. The van der Waals surface area contributed by atoms with E-state index in [9.17, 15) is 0 Å². The van der Waals surface area contributed by atoms with Gasteiger partial charge in [0.1, 0.15) is 5.82 Å². The molecule has 20 heavy (non-hydrogen) atoms. The van der Waals surface area contributed by atoms with Crippen molar-refractivity contribution in [2.24, 2.45) is 0 Å². The Hall–Kier alpha value is -1.42. The summed E-state index contributed by atoms with van der Waals surface area (Å²) >= 11 is 1.73. The van der Waals surface area contributed by atoms with Crippen LogP contribution >= 0.6 is 11.3 Å². The van der Waals surface area contributed by atoms with Crippen molar-refractivity contribution in [3.05, 3.63) is 40.0 Å². The summed E-state index contributed by atoms with van der Waals surface area (Å²) in [4.78, 5) is 11.6. The summed E-state index contributed by atoms with van der Waals surface area (Å²) in [6, 6.07) is 5.02. The van der Waals surface area contributed by atoms with Crippen LogP contribution in [0.25, 0.3) is 0 Å². The van der Waals surface area contributed by atoms with Crippen LogP contribution in [0, 0.1) is 6.92 Å². The Morgan fingerprint density at radius 1 is 1.35 bits per heavy atom. The Balaban J connectivity index is 1.61. The van der Waals surface area contributed by atoms with Gasteiger partial charge in [-0.3, -0.25) is 0 Å². The largest absolute Gasteiger partial charge is 0.354 e. The number of pyridine rings is 1. The van der Waals surface area contributed by atoms with Crippen LogP contribution < -0.4 is 4.90 Å².